The van der Waals surface area contributed by atoms with E-state index in [2.05, 4.69) is 16.6 Å². The second-order valence-electron chi connectivity index (χ2n) is 5.02. The van der Waals surface area contributed by atoms with Crippen LogP contribution in [0.15, 0.2) is 24.5 Å². The number of nitrogens with one attached hydrogen (secondary N) is 1. The number of rotatable bonds is 5. The fraction of sp³-hybridized carbons (Fsp3) is 0.400. The van der Waals surface area contributed by atoms with Gasteiger partial charge in [-0.25, -0.2) is 4.79 Å². The first-order valence-corrected chi connectivity index (χ1v) is 8.07. The lowest BCUT2D eigenvalue weighted by Gasteiger charge is -2.12. The molecule has 5 nitrogen and oxygen atoms in total. The maximum absolute atomic E-state index is 12.2. The quantitative estimate of drug-likeness (QED) is 0.815. The SMILES string of the molecule is CSC1CCC(NC(=O)c2cncc(/C=C/C(=O)O)c2)C1. The molecule has 1 aromatic rings. The van der Waals surface area contributed by atoms with E-state index in [4.69, 9.17) is 5.11 Å². The molecule has 6 heteroatoms. The Balaban J connectivity index is 1.99. The summed E-state index contributed by atoms with van der Waals surface area (Å²) in [5.41, 5.74) is 1.05. The van der Waals surface area contributed by atoms with Crippen LogP contribution in [0.3, 0.4) is 0 Å². The van der Waals surface area contributed by atoms with Gasteiger partial charge in [-0.3, -0.25) is 9.78 Å². The molecule has 2 unspecified atom stereocenters. The molecule has 2 rings (SSSR count). The minimum Gasteiger partial charge on any atom is -0.478 e. The van der Waals surface area contributed by atoms with Crippen LogP contribution in [0.4, 0.5) is 0 Å². The Kier molecular flexibility index (Phi) is 5.38. The molecule has 1 amide bonds. The van der Waals surface area contributed by atoms with Crippen molar-refractivity contribution in [1.29, 1.82) is 0 Å². The van der Waals surface area contributed by atoms with E-state index in [-0.39, 0.29) is 11.9 Å². The van der Waals surface area contributed by atoms with Crippen LogP contribution in [0.1, 0.15) is 35.2 Å². The van der Waals surface area contributed by atoms with Gasteiger partial charge in [0.05, 0.1) is 5.56 Å². The van der Waals surface area contributed by atoms with Gasteiger partial charge in [0, 0.05) is 29.8 Å². The van der Waals surface area contributed by atoms with Crippen molar-refractivity contribution in [1.82, 2.24) is 10.3 Å². The highest BCUT2D eigenvalue weighted by Gasteiger charge is 2.25. The highest BCUT2D eigenvalue weighted by atomic mass is 32.2. The number of amides is 1. The van der Waals surface area contributed by atoms with Crippen molar-refractivity contribution in [2.24, 2.45) is 0 Å². The molecule has 1 heterocycles. The lowest BCUT2D eigenvalue weighted by atomic mass is 10.1. The van der Waals surface area contributed by atoms with Gasteiger partial charge in [-0.1, -0.05) is 0 Å². The number of pyridine rings is 1. The zero-order valence-corrected chi connectivity index (χ0v) is 12.6. The topological polar surface area (TPSA) is 79.3 Å². The summed E-state index contributed by atoms with van der Waals surface area (Å²) in [6.07, 6.45) is 10.7. The standard InChI is InChI=1S/C15H18N2O3S/c1-21-13-4-3-12(7-13)17-15(20)11-6-10(8-16-9-11)2-5-14(18)19/h2,5-6,8-9,12-13H,3-4,7H2,1H3,(H,17,20)(H,18,19)/b5-2+. The number of hydrogen-bond acceptors (Lipinski definition) is 4. The zero-order valence-electron chi connectivity index (χ0n) is 11.8. The fourth-order valence-corrected chi connectivity index (χ4v) is 3.19. The molecule has 1 aromatic heterocycles. The Bertz CT molecular complexity index is 560. The van der Waals surface area contributed by atoms with Gasteiger partial charge in [-0.15, -0.1) is 0 Å². The van der Waals surface area contributed by atoms with Gasteiger partial charge in [-0.2, -0.15) is 11.8 Å². The van der Waals surface area contributed by atoms with Crippen LogP contribution >= 0.6 is 11.8 Å². The van der Waals surface area contributed by atoms with Crippen molar-refractivity contribution in [3.63, 3.8) is 0 Å². The van der Waals surface area contributed by atoms with Crippen LogP contribution in [0, 0.1) is 0 Å². The number of aliphatic carboxylic acids is 1. The molecular weight excluding hydrogens is 288 g/mol. The van der Waals surface area contributed by atoms with E-state index in [0.717, 1.165) is 25.3 Å². The first kappa shape index (κ1) is 15.6. The number of aromatic nitrogens is 1. The van der Waals surface area contributed by atoms with Crippen LogP contribution in [0.2, 0.25) is 0 Å². The van der Waals surface area contributed by atoms with E-state index in [1.54, 1.807) is 6.07 Å². The monoisotopic (exact) mass is 306 g/mol. The average molecular weight is 306 g/mol. The second kappa shape index (κ2) is 7.26. The summed E-state index contributed by atoms with van der Waals surface area (Å²) in [7, 11) is 0. The molecule has 1 fully saturated rings. The van der Waals surface area contributed by atoms with Gasteiger partial charge in [0.25, 0.3) is 5.91 Å². The van der Waals surface area contributed by atoms with Gasteiger partial charge < -0.3 is 10.4 Å². The molecule has 1 aliphatic carbocycles. The molecule has 0 spiro atoms. The fourth-order valence-electron chi connectivity index (χ4n) is 2.39. The van der Waals surface area contributed by atoms with Crippen molar-refractivity contribution in [3.05, 3.63) is 35.7 Å². The highest BCUT2D eigenvalue weighted by Crippen LogP contribution is 2.28. The van der Waals surface area contributed by atoms with Crippen molar-refractivity contribution < 1.29 is 14.7 Å². The van der Waals surface area contributed by atoms with Crippen molar-refractivity contribution >= 4 is 29.7 Å². The van der Waals surface area contributed by atoms with Crippen LogP contribution in [-0.2, 0) is 4.79 Å². The molecule has 0 aliphatic heterocycles. The number of carbonyl (C=O) groups is 2. The van der Waals surface area contributed by atoms with Gasteiger partial charge in [-0.05, 0) is 43.2 Å². The van der Waals surface area contributed by atoms with Crippen LogP contribution in [0.25, 0.3) is 6.08 Å². The third kappa shape index (κ3) is 4.60. The molecule has 112 valence electrons. The van der Waals surface area contributed by atoms with Crippen molar-refractivity contribution in [2.45, 2.75) is 30.6 Å². The second-order valence-corrected chi connectivity index (χ2v) is 6.16. The Labute approximate surface area is 127 Å². The largest absolute Gasteiger partial charge is 0.478 e. The summed E-state index contributed by atoms with van der Waals surface area (Å²) in [6, 6.07) is 1.86. The number of carbonyl (C=O) groups excluding carboxylic acids is 1. The van der Waals surface area contributed by atoms with Gasteiger partial charge in [0.1, 0.15) is 0 Å². The number of nitrogens with zero attached hydrogens (tertiary/aromatic N) is 1. The lowest BCUT2D eigenvalue weighted by molar-refractivity contribution is -0.131. The maximum Gasteiger partial charge on any atom is 0.328 e. The molecule has 2 atom stereocenters. The normalized spacial score (nSPS) is 21.6. The smallest absolute Gasteiger partial charge is 0.328 e. The van der Waals surface area contributed by atoms with E-state index >= 15 is 0 Å². The van der Waals surface area contributed by atoms with Crippen molar-refractivity contribution in [3.8, 4) is 0 Å². The van der Waals surface area contributed by atoms with Crippen LogP contribution in [-0.4, -0.2) is 39.5 Å². The van der Waals surface area contributed by atoms with E-state index in [9.17, 15) is 9.59 Å². The highest BCUT2D eigenvalue weighted by molar-refractivity contribution is 7.99. The Hall–Kier alpha value is -1.82. The summed E-state index contributed by atoms with van der Waals surface area (Å²) < 4.78 is 0. The predicted octanol–water partition coefficient (Wildman–Crippen LogP) is 2.19. The van der Waals surface area contributed by atoms with E-state index in [1.165, 1.54) is 18.5 Å². The minimum absolute atomic E-state index is 0.153. The molecule has 0 bridgehead atoms. The molecular formula is C15H18N2O3S. The van der Waals surface area contributed by atoms with E-state index in [0.29, 0.717) is 16.4 Å². The Morgan fingerprint density at radius 2 is 2.24 bits per heavy atom. The van der Waals surface area contributed by atoms with E-state index < -0.39 is 5.97 Å². The molecule has 0 radical (unpaired) electrons. The molecule has 1 aliphatic rings. The summed E-state index contributed by atoms with van der Waals surface area (Å²) in [6.45, 7) is 0. The van der Waals surface area contributed by atoms with E-state index in [1.807, 2.05) is 11.8 Å². The summed E-state index contributed by atoms with van der Waals surface area (Å²) in [5.74, 6) is -1.18. The van der Waals surface area contributed by atoms with Gasteiger partial charge >= 0.3 is 5.97 Å². The predicted molar refractivity (Wildman–Crippen MR) is 83.3 cm³/mol. The maximum atomic E-state index is 12.2. The first-order valence-electron chi connectivity index (χ1n) is 6.78. The number of carboxylic acids is 1. The third-order valence-corrected chi connectivity index (χ3v) is 4.59. The molecule has 2 N–H and O–H groups in total. The third-order valence-electron chi connectivity index (χ3n) is 3.49. The van der Waals surface area contributed by atoms with Crippen molar-refractivity contribution in [2.75, 3.05) is 6.26 Å². The molecule has 0 aromatic carbocycles. The Morgan fingerprint density at radius 3 is 2.90 bits per heavy atom. The lowest BCUT2D eigenvalue weighted by Crippen LogP contribution is -2.33. The number of thioether (sulfide) groups is 1. The van der Waals surface area contributed by atoms with Gasteiger partial charge in [0.15, 0.2) is 0 Å². The van der Waals surface area contributed by atoms with Crippen LogP contribution in [0.5, 0.6) is 0 Å². The Morgan fingerprint density at radius 1 is 1.43 bits per heavy atom. The first-order chi connectivity index (χ1) is 10.1. The summed E-state index contributed by atoms with van der Waals surface area (Å²) in [4.78, 5) is 26.7. The minimum atomic E-state index is -1.03. The zero-order chi connectivity index (χ0) is 15.2. The summed E-state index contributed by atoms with van der Waals surface area (Å²) >= 11 is 1.84. The number of carboxylic acid groups (broad SMARTS) is 1. The average Bonchev–Trinajstić information content (AvgIpc) is 2.93. The van der Waals surface area contributed by atoms with Gasteiger partial charge in [0.2, 0.25) is 0 Å². The van der Waals surface area contributed by atoms with Crippen LogP contribution < -0.4 is 5.32 Å². The summed E-state index contributed by atoms with van der Waals surface area (Å²) in [5, 5.41) is 12.2. The molecule has 1 saturated carbocycles. The molecule has 21 heavy (non-hydrogen) atoms. The molecule has 0 saturated heterocycles. The number of hydrogen-bond donors (Lipinski definition) is 2.